The zero-order valence-corrected chi connectivity index (χ0v) is 16.7. The number of hydrogen-bond donors (Lipinski definition) is 1. The van der Waals surface area contributed by atoms with Gasteiger partial charge >= 0.3 is 5.97 Å². The summed E-state index contributed by atoms with van der Waals surface area (Å²) in [7, 11) is 0. The van der Waals surface area contributed by atoms with E-state index in [2.05, 4.69) is 10.5 Å². The van der Waals surface area contributed by atoms with E-state index in [1.54, 1.807) is 18.2 Å². The summed E-state index contributed by atoms with van der Waals surface area (Å²) in [6.45, 7) is 7.08. The van der Waals surface area contributed by atoms with Gasteiger partial charge in [0.05, 0.1) is 11.4 Å². The number of esters is 1. The quantitative estimate of drug-likeness (QED) is 0.711. The highest BCUT2D eigenvalue weighted by Crippen LogP contribution is 2.21. The second kappa shape index (κ2) is 9.09. The number of carbonyl (C=O) groups is 2. The van der Waals surface area contributed by atoms with E-state index in [4.69, 9.17) is 20.9 Å². The van der Waals surface area contributed by atoms with Crippen molar-refractivity contribution in [1.82, 2.24) is 5.16 Å². The van der Waals surface area contributed by atoms with Crippen LogP contribution in [-0.4, -0.2) is 28.9 Å². The molecule has 1 aromatic heterocycles. The molecule has 2 rings (SSSR count). The van der Waals surface area contributed by atoms with Gasteiger partial charge in [0.15, 0.2) is 6.10 Å². The highest BCUT2D eigenvalue weighted by atomic mass is 35.5. The number of benzene rings is 1. The normalized spacial score (nSPS) is 11.9. The third-order valence-electron chi connectivity index (χ3n) is 3.78. The van der Waals surface area contributed by atoms with Crippen molar-refractivity contribution in [3.05, 3.63) is 45.8 Å². The van der Waals surface area contributed by atoms with E-state index in [9.17, 15) is 9.59 Å². The van der Waals surface area contributed by atoms with Crippen molar-refractivity contribution >= 4 is 40.9 Å². The molecule has 140 valence electrons. The summed E-state index contributed by atoms with van der Waals surface area (Å²) < 4.78 is 10.3. The summed E-state index contributed by atoms with van der Waals surface area (Å²) in [5, 5.41) is 7.11. The van der Waals surface area contributed by atoms with Gasteiger partial charge in [-0.05, 0) is 45.4 Å². The molecule has 0 bridgehead atoms. The third-order valence-corrected chi connectivity index (χ3v) is 4.95. The van der Waals surface area contributed by atoms with Crippen molar-refractivity contribution in [3.63, 3.8) is 0 Å². The molecule has 2 aromatic rings. The van der Waals surface area contributed by atoms with Crippen LogP contribution in [0.2, 0.25) is 5.02 Å². The number of halogens is 1. The minimum absolute atomic E-state index is 0.137. The smallest absolute Gasteiger partial charge is 0.316 e. The SMILES string of the molecule is Cc1ccc(Cl)cc1NC(=O)C(C)OC(=O)CSCc1c(C)noc1C. The lowest BCUT2D eigenvalue weighted by Crippen LogP contribution is -2.30. The van der Waals surface area contributed by atoms with Gasteiger partial charge in [-0.3, -0.25) is 9.59 Å². The van der Waals surface area contributed by atoms with E-state index in [-0.39, 0.29) is 5.75 Å². The number of nitrogens with one attached hydrogen (secondary N) is 1. The van der Waals surface area contributed by atoms with E-state index in [1.807, 2.05) is 20.8 Å². The molecule has 1 N–H and O–H groups in total. The fourth-order valence-corrected chi connectivity index (χ4v) is 3.32. The summed E-state index contributed by atoms with van der Waals surface area (Å²) in [5.41, 5.74) is 3.26. The molecule has 0 aliphatic rings. The molecule has 0 saturated heterocycles. The first-order valence-electron chi connectivity index (χ1n) is 8.04. The Morgan fingerprint density at radius 3 is 2.73 bits per heavy atom. The summed E-state index contributed by atoms with van der Waals surface area (Å²) in [4.78, 5) is 24.1. The second-order valence-electron chi connectivity index (χ2n) is 5.88. The molecular formula is C18H21ClN2O4S. The molecule has 1 aromatic carbocycles. The standard InChI is InChI=1S/C18H21ClN2O4S/c1-10-5-6-14(19)7-16(10)20-18(23)13(4)24-17(22)9-26-8-15-11(2)21-25-12(15)3/h5-7,13H,8-9H2,1-4H3,(H,20,23). The zero-order chi connectivity index (χ0) is 19.3. The number of anilines is 1. The van der Waals surface area contributed by atoms with Crippen LogP contribution in [0, 0.1) is 20.8 Å². The Balaban J connectivity index is 1.80. The highest BCUT2D eigenvalue weighted by molar-refractivity contribution is 7.99. The lowest BCUT2D eigenvalue weighted by atomic mass is 10.2. The summed E-state index contributed by atoms with van der Waals surface area (Å²) in [6.07, 6.45) is -0.902. The number of aromatic nitrogens is 1. The number of thioether (sulfide) groups is 1. The van der Waals surface area contributed by atoms with Gasteiger partial charge in [-0.1, -0.05) is 22.8 Å². The maximum atomic E-state index is 12.2. The van der Waals surface area contributed by atoms with Crippen LogP contribution in [0.5, 0.6) is 0 Å². The number of carbonyl (C=O) groups excluding carboxylic acids is 2. The molecule has 0 aliphatic heterocycles. The number of aryl methyl sites for hydroxylation is 3. The average molecular weight is 397 g/mol. The van der Waals surface area contributed by atoms with Crippen LogP contribution >= 0.6 is 23.4 Å². The topological polar surface area (TPSA) is 81.4 Å². The van der Waals surface area contributed by atoms with Crippen LogP contribution < -0.4 is 5.32 Å². The fourth-order valence-electron chi connectivity index (χ4n) is 2.19. The molecule has 8 heteroatoms. The summed E-state index contributed by atoms with van der Waals surface area (Å²) in [6, 6.07) is 5.20. The van der Waals surface area contributed by atoms with Gasteiger partial charge in [-0.15, -0.1) is 11.8 Å². The zero-order valence-electron chi connectivity index (χ0n) is 15.1. The van der Waals surface area contributed by atoms with Crippen molar-refractivity contribution in [2.45, 2.75) is 39.6 Å². The van der Waals surface area contributed by atoms with E-state index in [0.717, 1.165) is 22.6 Å². The second-order valence-corrected chi connectivity index (χ2v) is 7.30. The minimum atomic E-state index is -0.902. The van der Waals surface area contributed by atoms with Crippen LogP contribution in [0.3, 0.4) is 0 Å². The Morgan fingerprint density at radius 1 is 1.35 bits per heavy atom. The largest absolute Gasteiger partial charge is 0.452 e. The predicted molar refractivity (Wildman–Crippen MR) is 103 cm³/mol. The van der Waals surface area contributed by atoms with Gasteiger partial charge in [0.1, 0.15) is 5.76 Å². The van der Waals surface area contributed by atoms with Crippen molar-refractivity contribution in [2.75, 3.05) is 11.1 Å². The van der Waals surface area contributed by atoms with Crippen molar-refractivity contribution in [2.24, 2.45) is 0 Å². The lowest BCUT2D eigenvalue weighted by Gasteiger charge is -2.15. The number of amides is 1. The molecule has 0 fully saturated rings. The first kappa shape index (κ1) is 20.3. The van der Waals surface area contributed by atoms with Gasteiger partial charge < -0.3 is 14.6 Å². The van der Waals surface area contributed by atoms with Crippen LogP contribution in [0.15, 0.2) is 22.7 Å². The van der Waals surface area contributed by atoms with Gasteiger partial charge in [-0.2, -0.15) is 0 Å². The number of nitrogens with zero attached hydrogens (tertiary/aromatic N) is 1. The van der Waals surface area contributed by atoms with Crippen molar-refractivity contribution < 1.29 is 18.8 Å². The Kier molecular flexibility index (Phi) is 7.11. The molecule has 1 unspecified atom stereocenters. The molecule has 1 atom stereocenters. The third kappa shape index (κ3) is 5.51. The molecule has 0 aliphatic carbocycles. The Bertz CT molecular complexity index is 787. The van der Waals surface area contributed by atoms with Gasteiger partial charge in [0.2, 0.25) is 0 Å². The monoisotopic (exact) mass is 396 g/mol. The van der Waals surface area contributed by atoms with Crippen LogP contribution in [-0.2, 0) is 20.1 Å². The van der Waals surface area contributed by atoms with Gasteiger partial charge in [0, 0.05) is 22.0 Å². The van der Waals surface area contributed by atoms with Crippen LogP contribution in [0.1, 0.15) is 29.5 Å². The Hall–Kier alpha value is -1.99. The molecule has 1 heterocycles. The number of hydrogen-bond acceptors (Lipinski definition) is 6. The van der Waals surface area contributed by atoms with Crippen molar-refractivity contribution in [1.29, 1.82) is 0 Å². The minimum Gasteiger partial charge on any atom is -0.452 e. The number of ether oxygens (including phenoxy) is 1. The molecule has 0 saturated carbocycles. The molecule has 26 heavy (non-hydrogen) atoms. The molecule has 6 nitrogen and oxygen atoms in total. The fraction of sp³-hybridized carbons (Fsp3) is 0.389. The highest BCUT2D eigenvalue weighted by Gasteiger charge is 2.19. The molecule has 0 spiro atoms. The summed E-state index contributed by atoms with van der Waals surface area (Å²) in [5.74, 6) is 0.621. The van der Waals surface area contributed by atoms with Crippen LogP contribution in [0.25, 0.3) is 0 Å². The van der Waals surface area contributed by atoms with E-state index in [1.165, 1.54) is 18.7 Å². The summed E-state index contributed by atoms with van der Waals surface area (Å²) >= 11 is 7.32. The molecule has 1 amide bonds. The van der Waals surface area contributed by atoms with Crippen LogP contribution in [0.4, 0.5) is 5.69 Å². The molecule has 0 radical (unpaired) electrons. The van der Waals surface area contributed by atoms with E-state index in [0.29, 0.717) is 16.5 Å². The first-order chi connectivity index (χ1) is 12.3. The van der Waals surface area contributed by atoms with E-state index >= 15 is 0 Å². The number of rotatable bonds is 7. The lowest BCUT2D eigenvalue weighted by molar-refractivity contribution is -0.150. The molecular weight excluding hydrogens is 376 g/mol. The maximum absolute atomic E-state index is 12.2. The average Bonchev–Trinajstić information content (AvgIpc) is 2.90. The van der Waals surface area contributed by atoms with Gasteiger partial charge in [0.25, 0.3) is 5.91 Å². The first-order valence-corrected chi connectivity index (χ1v) is 9.57. The van der Waals surface area contributed by atoms with Gasteiger partial charge in [-0.25, -0.2) is 0 Å². The Labute approximate surface area is 161 Å². The van der Waals surface area contributed by atoms with Crippen molar-refractivity contribution in [3.8, 4) is 0 Å². The maximum Gasteiger partial charge on any atom is 0.316 e. The van der Waals surface area contributed by atoms with E-state index < -0.39 is 18.0 Å². The Morgan fingerprint density at radius 2 is 2.08 bits per heavy atom. The predicted octanol–water partition coefficient (Wildman–Crippen LogP) is 4.06.